The smallest absolute Gasteiger partial charge is 0.260 e. The van der Waals surface area contributed by atoms with Crippen LogP contribution in [0.1, 0.15) is 6.42 Å². The van der Waals surface area contributed by atoms with Crippen molar-refractivity contribution >= 4 is 38.9 Å². The molecule has 0 saturated carbocycles. The van der Waals surface area contributed by atoms with Gasteiger partial charge in [-0.15, -0.1) is 0 Å². The van der Waals surface area contributed by atoms with E-state index in [2.05, 4.69) is 0 Å². The molecule has 5 nitrogen and oxygen atoms in total. The van der Waals surface area contributed by atoms with E-state index in [1.54, 1.807) is 25.2 Å². The summed E-state index contributed by atoms with van der Waals surface area (Å²) in [6.45, 7) is -0.215. The third-order valence-corrected chi connectivity index (χ3v) is 5.97. The van der Waals surface area contributed by atoms with Crippen molar-refractivity contribution in [3.63, 3.8) is 0 Å². The van der Waals surface area contributed by atoms with Gasteiger partial charge >= 0.3 is 0 Å². The van der Waals surface area contributed by atoms with Gasteiger partial charge in [0, 0.05) is 13.1 Å². The Balaban J connectivity index is 1.94. The van der Waals surface area contributed by atoms with E-state index in [-0.39, 0.29) is 35.1 Å². The van der Waals surface area contributed by atoms with Crippen molar-refractivity contribution in [2.45, 2.75) is 12.5 Å². The summed E-state index contributed by atoms with van der Waals surface area (Å²) >= 11 is 11.8. The maximum atomic E-state index is 12.0. The number of benzene rings is 1. The number of hydrogen-bond donors (Lipinski definition) is 0. The monoisotopic (exact) mass is 351 g/mol. The van der Waals surface area contributed by atoms with E-state index in [9.17, 15) is 13.2 Å². The Bertz CT molecular complexity index is 648. The topological polar surface area (TPSA) is 63.7 Å². The molecule has 1 aromatic carbocycles. The van der Waals surface area contributed by atoms with Crippen molar-refractivity contribution in [2.24, 2.45) is 0 Å². The molecule has 0 radical (unpaired) electrons. The molecule has 0 bridgehead atoms. The molecule has 1 aromatic rings. The Morgan fingerprint density at radius 1 is 1.43 bits per heavy atom. The number of ether oxygens (including phenoxy) is 1. The predicted octanol–water partition coefficient (Wildman–Crippen LogP) is 2.02. The molecule has 1 heterocycles. The van der Waals surface area contributed by atoms with Crippen LogP contribution in [0.15, 0.2) is 18.2 Å². The molecule has 0 aromatic heterocycles. The summed E-state index contributed by atoms with van der Waals surface area (Å²) in [4.78, 5) is 13.5. The van der Waals surface area contributed by atoms with E-state index in [1.165, 1.54) is 4.90 Å². The van der Waals surface area contributed by atoms with Gasteiger partial charge in [-0.2, -0.15) is 0 Å². The van der Waals surface area contributed by atoms with Gasteiger partial charge in [0.15, 0.2) is 16.4 Å². The first-order valence-electron chi connectivity index (χ1n) is 6.33. The zero-order valence-electron chi connectivity index (χ0n) is 11.4. The molecule has 2 rings (SSSR count). The Morgan fingerprint density at radius 3 is 2.76 bits per heavy atom. The van der Waals surface area contributed by atoms with E-state index < -0.39 is 9.84 Å². The molecule has 1 amide bonds. The van der Waals surface area contributed by atoms with Gasteiger partial charge in [-0.3, -0.25) is 4.79 Å². The van der Waals surface area contributed by atoms with Gasteiger partial charge < -0.3 is 9.64 Å². The predicted molar refractivity (Wildman–Crippen MR) is 81.8 cm³/mol. The highest BCUT2D eigenvalue weighted by Crippen LogP contribution is 2.31. The number of likely N-dealkylation sites (N-methyl/N-ethyl adjacent to an activating group) is 1. The summed E-state index contributed by atoms with van der Waals surface area (Å²) < 4.78 is 28.2. The molecule has 0 N–H and O–H groups in total. The zero-order valence-corrected chi connectivity index (χ0v) is 13.7. The van der Waals surface area contributed by atoms with Crippen LogP contribution in [0.25, 0.3) is 0 Å². The van der Waals surface area contributed by atoms with E-state index >= 15 is 0 Å². The molecule has 1 saturated heterocycles. The van der Waals surface area contributed by atoms with E-state index in [0.717, 1.165) is 0 Å². The zero-order chi connectivity index (χ0) is 15.6. The van der Waals surface area contributed by atoms with Crippen molar-refractivity contribution in [1.82, 2.24) is 4.90 Å². The van der Waals surface area contributed by atoms with Crippen molar-refractivity contribution in [1.29, 1.82) is 0 Å². The third-order valence-electron chi connectivity index (χ3n) is 3.42. The molecular weight excluding hydrogens is 337 g/mol. The minimum Gasteiger partial charge on any atom is -0.482 e. The molecule has 8 heteroatoms. The molecule has 1 atom stereocenters. The largest absolute Gasteiger partial charge is 0.482 e. The number of carbonyl (C=O) groups is 1. The molecule has 1 aliphatic rings. The quantitative estimate of drug-likeness (QED) is 0.832. The van der Waals surface area contributed by atoms with Crippen LogP contribution in [0.2, 0.25) is 10.0 Å². The number of amides is 1. The lowest BCUT2D eigenvalue weighted by atomic mass is 10.2. The number of hydrogen-bond acceptors (Lipinski definition) is 4. The highest BCUT2D eigenvalue weighted by atomic mass is 35.5. The van der Waals surface area contributed by atoms with E-state index in [1.807, 2.05) is 0 Å². The second-order valence-corrected chi connectivity index (χ2v) is 7.92. The van der Waals surface area contributed by atoms with Crippen LogP contribution in [-0.2, 0) is 14.6 Å². The Labute approximate surface area is 133 Å². The average Bonchev–Trinajstić information content (AvgIpc) is 2.79. The van der Waals surface area contributed by atoms with E-state index in [0.29, 0.717) is 17.2 Å². The first kappa shape index (κ1) is 16.4. The Kier molecular flexibility index (Phi) is 5.01. The molecule has 1 fully saturated rings. The van der Waals surface area contributed by atoms with Crippen LogP contribution < -0.4 is 4.74 Å². The summed E-state index contributed by atoms with van der Waals surface area (Å²) in [5, 5.41) is 0.593. The van der Waals surface area contributed by atoms with Gasteiger partial charge in [0.1, 0.15) is 10.8 Å². The second-order valence-electron chi connectivity index (χ2n) is 4.90. The van der Waals surface area contributed by atoms with Crippen LogP contribution in [0.5, 0.6) is 5.75 Å². The van der Waals surface area contributed by atoms with Crippen molar-refractivity contribution in [3.05, 3.63) is 28.2 Å². The van der Waals surface area contributed by atoms with Crippen LogP contribution in [-0.4, -0.2) is 50.4 Å². The molecular formula is C13H15Cl2NO4S. The SMILES string of the molecule is CN(C(=O)COc1cccc(Cl)c1Cl)[C@H]1CCS(=O)(=O)C1. The summed E-state index contributed by atoms with van der Waals surface area (Å²) in [6, 6.07) is 4.61. The van der Waals surface area contributed by atoms with Gasteiger partial charge in [0.25, 0.3) is 5.91 Å². The highest BCUT2D eigenvalue weighted by Gasteiger charge is 2.32. The molecule has 21 heavy (non-hydrogen) atoms. The number of rotatable bonds is 4. The number of carbonyl (C=O) groups excluding carboxylic acids is 1. The molecule has 1 aliphatic heterocycles. The molecule has 0 spiro atoms. The molecule has 116 valence electrons. The van der Waals surface area contributed by atoms with Crippen molar-refractivity contribution in [2.75, 3.05) is 25.2 Å². The average molecular weight is 352 g/mol. The molecule has 0 unspecified atom stereocenters. The Morgan fingerprint density at radius 2 is 2.14 bits per heavy atom. The first-order valence-corrected chi connectivity index (χ1v) is 8.91. The number of nitrogens with zero attached hydrogens (tertiary/aromatic N) is 1. The summed E-state index contributed by atoms with van der Waals surface area (Å²) in [7, 11) is -1.45. The minimum absolute atomic E-state index is 0.00710. The van der Waals surface area contributed by atoms with Gasteiger partial charge in [0.2, 0.25) is 0 Å². The summed E-state index contributed by atoms with van der Waals surface area (Å²) in [5.41, 5.74) is 0. The summed E-state index contributed by atoms with van der Waals surface area (Å²) in [5.74, 6) is 0.154. The Hall–Kier alpha value is -0.980. The first-order chi connectivity index (χ1) is 9.80. The van der Waals surface area contributed by atoms with Crippen molar-refractivity contribution in [3.8, 4) is 5.75 Å². The van der Waals surface area contributed by atoms with Crippen molar-refractivity contribution < 1.29 is 17.9 Å². The number of halogens is 2. The van der Waals surface area contributed by atoms with Gasteiger partial charge in [-0.1, -0.05) is 29.3 Å². The van der Waals surface area contributed by atoms with Crippen LogP contribution in [0.3, 0.4) is 0 Å². The minimum atomic E-state index is -3.03. The lowest BCUT2D eigenvalue weighted by Crippen LogP contribution is -2.40. The second kappa shape index (κ2) is 6.42. The van der Waals surface area contributed by atoms with Crippen LogP contribution in [0, 0.1) is 0 Å². The standard InChI is InChI=1S/C13H15Cl2NO4S/c1-16(9-5-6-21(18,19)8-9)12(17)7-20-11-4-2-3-10(14)13(11)15/h2-4,9H,5-8H2,1H3/t9-/m0/s1. The normalized spacial score (nSPS) is 20.2. The fourth-order valence-corrected chi connectivity index (χ4v) is 4.24. The summed E-state index contributed by atoms with van der Waals surface area (Å²) in [6.07, 6.45) is 0.461. The van der Waals surface area contributed by atoms with Crippen LogP contribution >= 0.6 is 23.2 Å². The maximum absolute atomic E-state index is 12.0. The lowest BCUT2D eigenvalue weighted by molar-refractivity contribution is -0.133. The fraction of sp³-hybridized carbons (Fsp3) is 0.462. The van der Waals surface area contributed by atoms with Gasteiger partial charge in [-0.05, 0) is 18.6 Å². The number of sulfone groups is 1. The van der Waals surface area contributed by atoms with Crippen LogP contribution in [0.4, 0.5) is 0 Å². The lowest BCUT2D eigenvalue weighted by Gasteiger charge is -2.23. The fourth-order valence-electron chi connectivity index (χ4n) is 2.12. The van der Waals surface area contributed by atoms with E-state index in [4.69, 9.17) is 27.9 Å². The highest BCUT2D eigenvalue weighted by molar-refractivity contribution is 7.91. The maximum Gasteiger partial charge on any atom is 0.260 e. The van der Waals surface area contributed by atoms with Gasteiger partial charge in [-0.25, -0.2) is 8.42 Å². The van der Waals surface area contributed by atoms with Gasteiger partial charge in [0.05, 0.1) is 16.5 Å². The molecule has 0 aliphatic carbocycles. The third kappa shape index (κ3) is 4.02.